The molecule has 2 aromatic rings. The van der Waals surface area contributed by atoms with Crippen LogP contribution in [0.3, 0.4) is 0 Å². The Labute approximate surface area is 130 Å². The zero-order chi connectivity index (χ0) is 14.7. The van der Waals surface area contributed by atoms with E-state index < -0.39 is 5.60 Å². The minimum absolute atomic E-state index is 0.509. The lowest BCUT2D eigenvalue weighted by Gasteiger charge is -2.44. The van der Waals surface area contributed by atoms with Crippen LogP contribution in [0.25, 0.3) is 11.1 Å². The Balaban J connectivity index is 1.80. The minimum Gasteiger partial charge on any atom is -0.377 e. The van der Waals surface area contributed by atoms with Gasteiger partial charge < -0.3 is 10.0 Å². The van der Waals surface area contributed by atoms with Gasteiger partial charge in [-0.05, 0) is 35.5 Å². The van der Waals surface area contributed by atoms with Crippen LogP contribution in [0.4, 0.5) is 0 Å². The summed E-state index contributed by atoms with van der Waals surface area (Å²) in [7, 11) is 0. The second kappa shape index (κ2) is 4.23. The predicted molar refractivity (Wildman–Crippen MR) is 87.3 cm³/mol. The van der Waals surface area contributed by atoms with Crippen molar-refractivity contribution in [3.05, 3.63) is 71.4 Å². The third kappa shape index (κ3) is 1.43. The summed E-state index contributed by atoms with van der Waals surface area (Å²) in [6, 6.07) is 16.7. The van der Waals surface area contributed by atoms with E-state index >= 15 is 0 Å². The van der Waals surface area contributed by atoms with Crippen molar-refractivity contribution in [1.82, 2.24) is 4.90 Å². The molecule has 0 saturated carbocycles. The molecule has 22 heavy (non-hydrogen) atoms. The van der Waals surface area contributed by atoms with E-state index in [-0.39, 0.29) is 0 Å². The summed E-state index contributed by atoms with van der Waals surface area (Å²) in [5.74, 6) is 0.509. The van der Waals surface area contributed by atoms with Crippen molar-refractivity contribution < 1.29 is 5.11 Å². The fourth-order valence-corrected chi connectivity index (χ4v) is 4.55. The first-order valence-electron chi connectivity index (χ1n) is 8.16. The highest BCUT2D eigenvalue weighted by Gasteiger charge is 2.48. The molecule has 4 aliphatic rings. The second-order valence-electron chi connectivity index (χ2n) is 6.70. The summed E-state index contributed by atoms with van der Waals surface area (Å²) in [4.78, 5) is 2.37. The molecule has 0 aromatic heterocycles. The van der Waals surface area contributed by atoms with Crippen molar-refractivity contribution >= 4 is 0 Å². The first-order valence-corrected chi connectivity index (χ1v) is 8.16. The van der Waals surface area contributed by atoms with Gasteiger partial charge in [0.15, 0.2) is 0 Å². The van der Waals surface area contributed by atoms with Gasteiger partial charge in [-0.15, -0.1) is 0 Å². The number of rotatable bonds is 1. The van der Waals surface area contributed by atoms with E-state index in [2.05, 4.69) is 47.5 Å². The van der Waals surface area contributed by atoms with Crippen molar-refractivity contribution in [2.24, 2.45) is 5.92 Å². The molecule has 3 heterocycles. The SMILES string of the molecule is OC1(C2=CN3CCC2CC3)c2ccccc2-c2ccccc21. The fourth-order valence-electron chi connectivity index (χ4n) is 4.55. The van der Waals surface area contributed by atoms with Crippen LogP contribution < -0.4 is 0 Å². The highest BCUT2D eigenvalue weighted by atomic mass is 16.3. The number of piperidine rings is 1. The first kappa shape index (κ1) is 12.5. The maximum absolute atomic E-state index is 11.8. The van der Waals surface area contributed by atoms with E-state index in [1.54, 1.807) is 0 Å². The number of fused-ring (bicyclic) bond motifs is 5. The molecule has 1 fully saturated rings. The lowest BCUT2D eigenvalue weighted by molar-refractivity contribution is 0.0868. The Morgan fingerprint density at radius 2 is 1.41 bits per heavy atom. The van der Waals surface area contributed by atoms with Gasteiger partial charge in [0.1, 0.15) is 5.60 Å². The van der Waals surface area contributed by atoms with Gasteiger partial charge in [0.05, 0.1) is 0 Å². The monoisotopic (exact) mass is 289 g/mol. The number of benzene rings is 2. The van der Waals surface area contributed by atoms with Gasteiger partial charge in [-0.2, -0.15) is 0 Å². The summed E-state index contributed by atoms with van der Waals surface area (Å²) in [6.07, 6.45) is 4.56. The van der Waals surface area contributed by atoms with Crippen LogP contribution in [0.5, 0.6) is 0 Å². The number of nitrogens with zero attached hydrogens (tertiary/aromatic N) is 1. The molecule has 0 spiro atoms. The molecule has 2 bridgehead atoms. The Morgan fingerprint density at radius 1 is 0.864 bits per heavy atom. The van der Waals surface area contributed by atoms with Crippen molar-refractivity contribution in [2.45, 2.75) is 18.4 Å². The third-order valence-electron chi connectivity index (χ3n) is 5.63. The van der Waals surface area contributed by atoms with Gasteiger partial charge in [0.25, 0.3) is 0 Å². The molecule has 1 saturated heterocycles. The summed E-state index contributed by atoms with van der Waals surface area (Å²) >= 11 is 0. The van der Waals surface area contributed by atoms with Crippen LogP contribution in [-0.2, 0) is 5.60 Å². The lowest BCUT2D eigenvalue weighted by Crippen LogP contribution is -2.43. The van der Waals surface area contributed by atoms with Crippen molar-refractivity contribution in [2.75, 3.05) is 13.1 Å². The van der Waals surface area contributed by atoms with Crippen molar-refractivity contribution in [3.63, 3.8) is 0 Å². The summed E-state index contributed by atoms with van der Waals surface area (Å²) in [6.45, 7) is 2.26. The molecule has 2 aromatic carbocycles. The average molecular weight is 289 g/mol. The number of hydrogen-bond donors (Lipinski definition) is 1. The van der Waals surface area contributed by atoms with Crippen LogP contribution in [-0.4, -0.2) is 23.1 Å². The molecular formula is C20H19NO. The Hall–Kier alpha value is -2.06. The predicted octanol–water partition coefficient (Wildman–Crippen LogP) is 3.51. The summed E-state index contributed by atoms with van der Waals surface area (Å²) in [5, 5.41) is 11.8. The Kier molecular flexibility index (Phi) is 2.40. The van der Waals surface area contributed by atoms with Gasteiger partial charge in [-0.1, -0.05) is 48.5 Å². The van der Waals surface area contributed by atoms with Crippen LogP contribution in [0.1, 0.15) is 24.0 Å². The van der Waals surface area contributed by atoms with E-state index in [0.29, 0.717) is 5.92 Å². The maximum atomic E-state index is 11.8. The molecule has 0 atom stereocenters. The van der Waals surface area contributed by atoms with Crippen LogP contribution in [0, 0.1) is 5.92 Å². The third-order valence-corrected chi connectivity index (χ3v) is 5.63. The average Bonchev–Trinajstić information content (AvgIpc) is 2.87. The zero-order valence-electron chi connectivity index (χ0n) is 12.5. The van der Waals surface area contributed by atoms with Crippen molar-refractivity contribution in [1.29, 1.82) is 0 Å². The largest absolute Gasteiger partial charge is 0.377 e. The van der Waals surface area contributed by atoms with Crippen LogP contribution in [0.15, 0.2) is 60.3 Å². The highest BCUT2D eigenvalue weighted by Crippen LogP contribution is 2.54. The smallest absolute Gasteiger partial charge is 0.139 e. The van der Waals surface area contributed by atoms with E-state index in [1.165, 1.54) is 29.5 Å². The topological polar surface area (TPSA) is 23.5 Å². The lowest BCUT2D eigenvalue weighted by atomic mass is 9.73. The van der Waals surface area contributed by atoms with Crippen LogP contribution >= 0.6 is 0 Å². The molecule has 0 amide bonds. The standard InChI is InChI=1S/C20H19NO/c22-20(19-13-21-11-9-14(19)10-12-21)17-7-3-1-5-15(17)16-6-2-4-8-18(16)20/h1-8,13-14,22H,9-12H2. The molecule has 2 nitrogen and oxygen atoms in total. The normalized spacial score (nSPS) is 21.5. The molecule has 110 valence electrons. The molecule has 2 heteroatoms. The Bertz CT molecular complexity index is 738. The number of aliphatic hydroxyl groups is 1. The zero-order valence-corrected chi connectivity index (χ0v) is 12.5. The molecule has 6 rings (SSSR count). The van der Waals surface area contributed by atoms with E-state index in [0.717, 1.165) is 24.2 Å². The van der Waals surface area contributed by atoms with E-state index in [1.807, 2.05) is 12.1 Å². The van der Waals surface area contributed by atoms with Gasteiger partial charge in [-0.3, -0.25) is 0 Å². The van der Waals surface area contributed by atoms with Gasteiger partial charge in [0.2, 0.25) is 0 Å². The van der Waals surface area contributed by atoms with Gasteiger partial charge >= 0.3 is 0 Å². The molecule has 0 radical (unpaired) electrons. The molecule has 3 aliphatic heterocycles. The fraction of sp³-hybridized carbons (Fsp3) is 0.300. The first-order chi connectivity index (χ1) is 10.8. The van der Waals surface area contributed by atoms with Gasteiger partial charge in [0, 0.05) is 30.4 Å². The van der Waals surface area contributed by atoms with E-state index in [4.69, 9.17) is 0 Å². The number of hydrogen-bond acceptors (Lipinski definition) is 2. The molecule has 0 unspecified atom stereocenters. The molecular weight excluding hydrogens is 270 g/mol. The maximum Gasteiger partial charge on any atom is 0.139 e. The molecule has 1 aliphatic carbocycles. The minimum atomic E-state index is -0.947. The van der Waals surface area contributed by atoms with E-state index in [9.17, 15) is 5.11 Å². The summed E-state index contributed by atoms with van der Waals surface area (Å²) in [5.41, 5.74) is 4.71. The van der Waals surface area contributed by atoms with Crippen molar-refractivity contribution in [3.8, 4) is 11.1 Å². The van der Waals surface area contributed by atoms with Gasteiger partial charge in [-0.25, -0.2) is 0 Å². The Morgan fingerprint density at radius 3 is 1.91 bits per heavy atom. The highest BCUT2D eigenvalue weighted by molar-refractivity contribution is 5.82. The molecule has 1 N–H and O–H groups in total. The quantitative estimate of drug-likeness (QED) is 0.868. The summed E-state index contributed by atoms with van der Waals surface area (Å²) < 4.78 is 0. The van der Waals surface area contributed by atoms with Crippen LogP contribution in [0.2, 0.25) is 0 Å². The second-order valence-corrected chi connectivity index (χ2v) is 6.70.